The molecule has 0 radical (unpaired) electrons. The van der Waals surface area contributed by atoms with Crippen LogP contribution in [0.2, 0.25) is 5.02 Å². The number of nitrogens with two attached hydrogens (primary N) is 1. The number of nitrogens with zero attached hydrogens (tertiary/aromatic N) is 1. The summed E-state index contributed by atoms with van der Waals surface area (Å²) in [6, 6.07) is 13.9. The molecule has 1 atom stereocenters. The smallest absolute Gasteiger partial charge is 0.298 e. The fourth-order valence-electron chi connectivity index (χ4n) is 6.40. The lowest BCUT2D eigenvalue weighted by atomic mass is 9.98. The van der Waals surface area contributed by atoms with Crippen molar-refractivity contribution in [1.29, 1.82) is 0 Å². The summed E-state index contributed by atoms with van der Waals surface area (Å²) in [4.78, 5) is 15.9. The van der Waals surface area contributed by atoms with Gasteiger partial charge in [0.2, 0.25) is 5.91 Å². The zero-order valence-electron chi connectivity index (χ0n) is 24.8. The summed E-state index contributed by atoms with van der Waals surface area (Å²) in [6.07, 6.45) is 9.77. The van der Waals surface area contributed by atoms with E-state index in [4.69, 9.17) is 26.8 Å². The Hall–Kier alpha value is -2.59. The Bertz CT molecular complexity index is 1460. The number of carbonyl (C=O) groups excluding carboxylic acids is 1. The third kappa shape index (κ3) is 7.27. The van der Waals surface area contributed by atoms with Gasteiger partial charge in [0.25, 0.3) is 5.92 Å². The molecule has 1 aliphatic heterocycles. The predicted molar refractivity (Wildman–Crippen MR) is 172 cm³/mol. The van der Waals surface area contributed by atoms with Crippen LogP contribution in [-0.2, 0) is 10.7 Å². The maximum absolute atomic E-state index is 16.4. The van der Waals surface area contributed by atoms with E-state index in [1.807, 2.05) is 36.4 Å². The van der Waals surface area contributed by atoms with Crippen LogP contribution in [0.5, 0.6) is 11.5 Å². The molecule has 1 unspecified atom stereocenters. The highest BCUT2D eigenvalue weighted by Crippen LogP contribution is 2.40. The number of nitrogens with one attached hydrogen (secondary N) is 1. The number of likely N-dealkylation sites (tertiary alicyclic amines) is 1. The summed E-state index contributed by atoms with van der Waals surface area (Å²) < 4.78 is 47.9. The van der Waals surface area contributed by atoms with Gasteiger partial charge in [-0.15, -0.1) is 0 Å². The zero-order valence-corrected chi connectivity index (χ0v) is 26.4. The lowest BCUT2D eigenvalue weighted by molar-refractivity contribution is -0.145. The molecule has 2 saturated carbocycles. The Morgan fingerprint density at radius 1 is 0.886 bits per heavy atom. The first-order valence-electron chi connectivity index (χ1n) is 15.8. The normalized spacial score (nSPS) is 19.5. The number of ether oxygens (including phenoxy) is 2. The number of amides is 1. The van der Waals surface area contributed by atoms with Gasteiger partial charge in [-0.1, -0.05) is 29.8 Å². The van der Waals surface area contributed by atoms with Gasteiger partial charge < -0.3 is 20.1 Å². The summed E-state index contributed by atoms with van der Waals surface area (Å²) >= 11 is 7.39. The lowest BCUT2D eigenvalue weighted by Gasteiger charge is -2.35. The van der Waals surface area contributed by atoms with Gasteiger partial charge in [0.1, 0.15) is 11.5 Å². The number of alkyl halides is 2. The van der Waals surface area contributed by atoms with Crippen molar-refractivity contribution < 1.29 is 23.0 Å². The van der Waals surface area contributed by atoms with E-state index in [0.717, 1.165) is 71.9 Å². The van der Waals surface area contributed by atoms with Gasteiger partial charge in [0.15, 0.2) is 6.04 Å². The van der Waals surface area contributed by atoms with E-state index in [9.17, 15) is 4.79 Å². The van der Waals surface area contributed by atoms with Crippen LogP contribution >= 0.6 is 23.5 Å². The first-order chi connectivity index (χ1) is 21.3. The predicted octanol–water partition coefficient (Wildman–Crippen LogP) is 7.84. The minimum absolute atomic E-state index is 0.0337. The quantitative estimate of drug-likeness (QED) is 0.219. The highest BCUT2D eigenvalue weighted by atomic mass is 35.5. The molecule has 236 valence electrons. The van der Waals surface area contributed by atoms with Crippen molar-refractivity contribution in [3.8, 4) is 11.5 Å². The van der Waals surface area contributed by atoms with E-state index in [1.54, 1.807) is 0 Å². The monoisotopic (exact) mass is 643 g/mol. The van der Waals surface area contributed by atoms with Gasteiger partial charge in [-0.2, -0.15) is 8.78 Å². The van der Waals surface area contributed by atoms with E-state index in [2.05, 4.69) is 4.72 Å². The van der Waals surface area contributed by atoms with E-state index in [0.29, 0.717) is 25.9 Å². The molecule has 3 aromatic carbocycles. The largest absolute Gasteiger partial charge is 0.490 e. The van der Waals surface area contributed by atoms with E-state index >= 15 is 8.78 Å². The van der Waals surface area contributed by atoms with Gasteiger partial charge in [0, 0.05) is 29.6 Å². The van der Waals surface area contributed by atoms with Gasteiger partial charge >= 0.3 is 0 Å². The van der Waals surface area contributed by atoms with Crippen LogP contribution < -0.4 is 19.9 Å². The van der Waals surface area contributed by atoms with Gasteiger partial charge in [0.05, 0.1) is 17.2 Å². The SMILES string of the molecule is NC1CCN(C(=O)C(NSc2ccc3cc(OC4CCCC4)ccc3c2)C(F)(F)c2ccc(Cl)c(OC3CCCC3)c2)CC1. The number of hydrogen-bond acceptors (Lipinski definition) is 6. The van der Waals surface area contributed by atoms with Gasteiger partial charge in [-0.05, 0) is 123 Å². The fraction of sp³-hybridized carbons (Fsp3) is 0.500. The number of fused-ring (bicyclic) bond motifs is 1. The molecule has 1 saturated heterocycles. The van der Waals surface area contributed by atoms with Crippen molar-refractivity contribution in [3.63, 3.8) is 0 Å². The van der Waals surface area contributed by atoms with Crippen LogP contribution in [0.25, 0.3) is 10.8 Å². The number of carbonyl (C=O) groups is 1. The number of rotatable bonds is 10. The molecule has 1 amide bonds. The average Bonchev–Trinajstić information content (AvgIpc) is 3.73. The Morgan fingerprint density at radius 3 is 2.23 bits per heavy atom. The van der Waals surface area contributed by atoms with Crippen molar-refractivity contribution in [2.45, 2.75) is 99.3 Å². The molecule has 1 heterocycles. The Morgan fingerprint density at radius 2 is 1.52 bits per heavy atom. The summed E-state index contributed by atoms with van der Waals surface area (Å²) in [5, 5.41) is 2.24. The minimum atomic E-state index is -3.55. The van der Waals surface area contributed by atoms with Crippen molar-refractivity contribution in [1.82, 2.24) is 9.62 Å². The molecule has 6 nitrogen and oxygen atoms in total. The molecule has 3 N–H and O–H groups in total. The second-order valence-corrected chi connectivity index (χ2v) is 13.6. The molecular weight excluding hydrogens is 604 g/mol. The molecule has 6 rings (SSSR count). The Balaban J connectivity index is 1.22. The second-order valence-electron chi connectivity index (χ2n) is 12.3. The number of hydrogen-bond donors (Lipinski definition) is 2. The highest BCUT2D eigenvalue weighted by Gasteiger charge is 2.48. The van der Waals surface area contributed by atoms with Crippen molar-refractivity contribution in [2.75, 3.05) is 13.1 Å². The molecule has 44 heavy (non-hydrogen) atoms. The van der Waals surface area contributed by atoms with E-state index < -0.39 is 17.9 Å². The van der Waals surface area contributed by atoms with Crippen molar-refractivity contribution >= 4 is 40.2 Å². The van der Waals surface area contributed by atoms with Crippen LogP contribution in [0.1, 0.15) is 69.8 Å². The molecule has 0 bridgehead atoms. The molecule has 0 spiro atoms. The molecule has 3 fully saturated rings. The molecular formula is C34H40ClF2N3O3S. The maximum atomic E-state index is 16.4. The van der Waals surface area contributed by atoms with E-state index in [-0.39, 0.29) is 34.6 Å². The van der Waals surface area contributed by atoms with Gasteiger partial charge in [-0.25, -0.2) is 4.72 Å². The molecule has 3 aliphatic rings. The first-order valence-corrected chi connectivity index (χ1v) is 17.0. The van der Waals surface area contributed by atoms with E-state index in [1.165, 1.54) is 35.9 Å². The molecule has 10 heteroatoms. The highest BCUT2D eigenvalue weighted by molar-refractivity contribution is 7.97. The van der Waals surface area contributed by atoms with Crippen LogP contribution in [0.4, 0.5) is 8.78 Å². The molecule has 0 aromatic heterocycles. The maximum Gasteiger partial charge on any atom is 0.298 e. The molecule has 2 aliphatic carbocycles. The standard InChI is InChI=1S/C34H40ClF2N3O3S/c35-30-14-11-24(21-31(30)43-27-7-3-4-8-27)34(36,37)32(33(41)40-17-15-25(38)16-18-40)39-44-29-13-10-22-19-28(12-9-23(22)20-29)42-26-5-1-2-6-26/h9-14,19-21,25-27,32,39H,1-8,15-18,38H2. The Labute approximate surface area is 267 Å². The minimum Gasteiger partial charge on any atom is -0.490 e. The number of halogens is 3. The summed E-state index contributed by atoms with van der Waals surface area (Å²) in [6.45, 7) is 0.688. The lowest BCUT2D eigenvalue weighted by Crippen LogP contribution is -2.55. The van der Waals surface area contributed by atoms with Crippen molar-refractivity contribution in [2.24, 2.45) is 5.73 Å². The third-order valence-corrected chi connectivity index (χ3v) is 10.2. The Kier molecular flexibility index (Phi) is 9.86. The summed E-state index contributed by atoms with van der Waals surface area (Å²) in [7, 11) is 0. The topological polar surface area (TPSA) is 76.8 Å². The summed E-state index contributed by atoms with van der Waals surface area (Å²) in [5.74, 6) is -3.14. The fourth-order valence-corrected chi connectivity index (χ4v) is 7.39. The first kappa shape index (κ1) is 31.4. The van der Waals surface area contributed by atoms with Gasteiger partial charge in [-0.3, -0.25) is 4.79 Å². The van der Waals surface area contributed by atoms with Crippen LogP contribution in [0, 0.1) is 0 Å². The zero-order chi connectivity index (χ0) is 30.7. The number of piperidine rings is 1. The van der Waals surface area contributed by atoms with Crippen LogP contribution in [-0.4, -0.2) is 48.2 Å². The average molecular weight is 644 g/mol. The second kappa shape index (κ2) is 13.8. The van der Waals surface area contributed by atoms with Crippen LogP contribution in [0.3, 0.4) is 0 Å². The summed E-state index contributed by atoms with van der Waals surface area (Å²) in [5.41, 5.74) is 5.72. The number of benzene rings is 3. The molecule has 3 aromatic rings. The third-order valence-electron chi connectivity index (χ3n) is 9.06. The van der Waals surface area contributed by atoms with Crippen molar-refractivity contribution in [3.05, 3.63) is 65.2 Å². The van der Waals surface area contributed by atoms with Crippen LogP contribution in [0.15, 0.2) is 59.5 Å².